The standard InChI is InChI=1S/C51H43N/c1-4-14-35-18-13-24-44-43-22-10-11-23-45(43)50-47-32-38(27-26-37(47)31-34(3)48(50)49(35)44)40-29-30-46(42-21-9-8-20-41(40)42)51(36-16-6-5-7-17-36)52-39-19-12-15-33(2)25-28-39/h5-13,15-33,51-52H,4,14H2,1-3H3. The van der Waals surface area contributed by atoms with Crippen LogP contribution >= 0.6 is 0 Å². The third kappa shape index (κ3) is 5.49. The molecular weight excluding hydrogens is 627 g/mol. The van der Waals surface area contributed by atoms with E-state index in [0.717, 1.165) is 18.5 Å². The summed E-state index contributed by atoms with van der Waals surface area (Å²) in [6.45, 7) is 6.80. The van der Waals surface area contributed by atoms with Crippen molar-refractivity contribution in [3.63, 3.8) is 0 Å². The maximum Gasteiger partial charge on any atom is 0.0773 e. The van der Waals surface area contributed by atoms with Gasteiger partial charge in [0.2, 0.25) is 0 Å². The SMILES string of the molecule is CCCc1cccc2c3ccccc3c3c4cc(-c5ccc(C(NC6=CC=CC(C)C=C6)c6ccccc6)c6ccccc56)ccc4cc(C)c3c12. The van der Waals surface area contributed by atoms with Crippen molar-refractivity contribution in [3.05, 3.63) is 192 Å². The molecule has 0 saturated carbocycles. The highest BCUT2D eigenvalue weighted by Gasteiger charge is 2.20. The summed E-state index contributed by atoms with van der Waals surface area (Å²) < 4.78 is 0. The van der Waals surface area contributed by atoms with Gasteiger partial charge in [0, 0.05) is 5.70 Å². The van der Waals surface area contributed by atoms with Crippen LogP contribution in [0.25, 0.3) is 65.0 Å². The van der Waals surface area contributed by atoms with E-state index in [1.54, 1.807) is 0 Å². The van der Waals surface area contributed by atoms with Gasteiger partial charge in [-0.2, -0.15) is 0 Å². The summed E-state index contributed by atoms with van der Waals surface area (Å²) >= 11 is 0. The summed E-state index contributed by atoms with van der Waals surface area (Å²) in [4.78, 5) is 0. The molecule has 0 spiro atoms. The van der Waals surface area contributed by atoms with E-state index in [4.69, 9.17) is 0 Å². The van der Waals surface area contributed by atoms with Crippen molar-refractivity contribution < 1.29 is 0 Å². The van der Waals surface area contributed by atoms with Gasteiger partial charge < -0.3 is 5.32 Å². The summed E-state index contributed by atoms with van der Waals surface area (Å²) in [5.74, 6) is 0.406. The van der Waals surface area contributed by atoms with Gasteiger partial charge in [-0.15, -0.1) is 0 Å². The molecule has 1 aliphatic carbocycles. The van der Waals surface area contributed by atoms with E-state index in [9.17, 15) is 0 Å². The Bertz CT molecular complexity index is 2740. The van der Waals surface area contributed by atoms with Crippen LogP contribution in [0.15, 0.2) is 170 Å². The molecule has 2 unspecified atom stereocenters. The van der Waals surface area contributed by atoms with Crippen LogP contribution < -0.4 is 5.32 Å². The van der Waals surface area contributed by atoms with Crippen molar-refractivity contribution in [2.45, 2.75) is 39.7 Å². The average Bonchev–Trinajstić information content (AvgIpc) is 3.40. The molecule has 1 nitrogen and oxygen atoms in total. The van der Waals surface area contributed by atoms with Crippen molar-refractivity contribution in [2.24, 2.45) is 5.92 Å². The second-order valence-corrected chi connectivity index (χ2v) is 14.5. The lowest BCUT2D eigenvalue weighted by Crippen LogP contribution is -2.21. The molecule has 0 fully saturated rings. The minimum atomic E-state index is -0.0154. The molecule has 1 aliphatic rings. The van der Waals surface area contributed by atoms with Gasteiger partial charge in [-0.25, -0.2) is 0 Å². The molecule has 52 heavy (non-hydrogen) atoms. The van der Waals surface area contributed by atoms with E-state index in [-0.39, 0.29) is 6.04 Å². The van der Waals surface area contributed by atoms with Crippen molar-refractivity contribution in [1.29, 1.82) is 0 Å². The number of hydrogen-bond donors (Lipinski definition) is 1. The number of rotatable bonds is 7. The Morgan fingerprint density at radius 2 is 1.35 bits per heavy atom. The smallest absolute Gasteiger partial charge is 0.0773 e. The van der Waals surface area contributed by atoms with Gasteiger partial charge >= 0.3 is 0 Å². The Kier molecular flexibility index (Phi) is 8.20. The Balaban J connectivity index is 1.27. The molecule has 2 atom stereocenters. The summed E-state index contributed by atoms with van der Waals surface area (Å²) in [6, 6.07) is 49.9. The fourth-order valence-corrected chi connectivity index (χ4v) is 8.62. The Hall–Kier alpha value is -5.92. The third-order valence-corrected chi connectivity index (χ3v) is 11.0. The second-order valence-electron chi connectivity index (χ2n) is 14.5. The molecule has 9 rings (SSSR count). The first-order chi connectivity index (χ1) is 25.6. The van der Waals surface area contributed by atoms with E-state index in [0.29, 0.717) is 5.92 Å². The topological polar surface area (TPSA) is 12.0 Å². The molecule has 1 N–H and O–H groups in total. The van der Waals surface area contributed by atoms with Gasteiger partial charge in [-0.05, 0) is 125 Å². The van der Waals surface area contributed by atoms with Crippen molar-refractivity contribution >= 4 is 53.9 Å². The summed E-state index contributed by atoms with van der Waals surface area (Å²) in [5.41, 5.74) is 8.90. The molecule has 252 valence electrons. The van der Waals surface area contributed by atoms with Gasteiger partial charge in [0.15, 0.2) is 0 Å². The molecule has 8 aromatic rings. The van der Waals surface area contributed by atoms with Crippen LogP contribution in [0, 0.1) is 12.8 Å². The molecule has 0 radical (unpaired) electrons. The maximum atomic E-state index is 3.92. The van der Waals surface area contributed by atoms with Crippen LogP contribution in [0.1, 0.15) is 48.6 Å². The van der Waals surface area contributed by atoms with E-state index in [1.807, 2.05) is 0 Å². The lowest BCUT2D eigenvalue weighted by molar-refractivity contribution is 0.710. The van der Waals surface area contributed by atoms with E-state index < -0.39 is 0 Å². The Morgan fingerprint density at radius 1 is 0.615 bits per heavy atom. The first-order valence-corrected chi connectivity index (χ1v) is 18.8. The van der Waals surface area contributed by atoms with Crippen LogP contribution in [0.2, 0.25) is 0 Å². The molecule has 0 heterocycles. The zero-order valence-electron chi connectivity index (χ0n) is 30.2. The lowest BCUT2D eigenvalue weighted by atomic mass is 9.85. The lowest BCUT2D eigenvalue weighted by Gasteiger charge is -2.24. The van der Waals surface area contributed by atoms with Crippen LogP contribution in [0.4, 0.5) is 0 Å². The van der Waals surface area contributed by atoms with Gasteiger partial charge in [0.05, 0.1) is 6.04 Å². The molecule has 0 aliphatic heterocycles. The first-order valence-electron chi connectivity index (χ1n) is 18.8. The minimum absolute atomic E-state index is 0.0154. The van der Waals surface area contributed by atoms with E-state index in [1.165, 1.54) is 87.2 Å². The fraction of sp³-hybridized carbons (Fsp3) is 0.137. The van der Waals surface area contributed by atoms with Gasteiger partial charge in [0.25, 0.3) is 0 Å². The molecule has 8 aromatic carbocycles. The highest BCUT2D eigenvalue weighted by molar-refractivity contribution is 6.33. The van der Waals surface area contributed by atoms with Gasteiger partial charge in [0.1, 0.15) is 0 Å². The normalized spacial score (nSPS) is 15.1. The zero-order valence-corrected chi connectivity index (χ0v) is 30.2. The third-order valence-electron chi connectivity index (χ3n) is 11.0. The van der Waals surface area contributed by atoms with Crippen molar-refractivity contribution in [2.75, 3.05) is 0 Å². The first kappa shape index (κ1) is 32.0. The monoisotopic (exact) mass is 669 g/mol. The quantitative estimate of drug-likeness (QED) is 0.167. The molecular formula is C51H43N. The molecule has 0 amide bonds. The minimum Gasteiger partial charge on any atom is -0.374 e. The highest BCUT2D eigenvalue weighted by Crippen LogP contribution is 2.44. The van der Waals surface area contributed by atoms with Crippen molar-refractivity contribution in [3.8, 4) is 11.1 Å². The number of nitrogens with one attached hydrogen (secondary N) is 1. The van der Waals surface area contributed by atoms with Crippen LogP contribution in [0.3, 0.4) is 0 Å². The fourth-order valence-electron chi connectivity index (χ4n) is 8.62. The molecule has 0 bridgehead atoms. The Labute approximate surface area is 306 Å². The molecule has 1 heteroatoms. The van der Waals surface area contributed by atoms with Crippen LogP contribution in [-0.4, -0.2) is 0 Å². The summed E-state index contributed by atoms with van der Waals surface area (Å²) in [5, 5.41) is 17.2. The second kappa shape index (κ2) is 13.3. The number of aryl methyl sites for hydroxylation is 2. The van der Waals surface area contributed by atoms with Gasteiger partial charge in [-0.3, -0.25) is 0 Å². The van der Waals surface area contributed by atoms with E-state index >= 15 is 0 Å². The molecule has 0 saturated heterocycles. The summed E-state index contributed by atoms with van der Waals surface area (Å²) in [7, 11) is 0. The van der Waals surface area contributed by atoms with Gasteiger partial charge in [-0.1, -0.05) is 166 Å². The largest absolute Gasteiger partial charge is 0.374 e. The number of allylic oxidation sites excluding steroid dienone is 5. The molecule has 0 aromatic heterocycles. The Morgan fingerprint density at radius 3 is 2.17 bits per heavy atom. The zero-order chi connectivity index (χ0) is 35.2. The summed E-state index contributed by atoms with van der Waals surface area (Å²) in [6.07, 6.45) is 13.3. The highest BCUT2D eigenvalue weighted by atomic mass is 14.9. The van der Waals surface area contributed by atoms with Crippen molar-refractivity contribution in [1.82, 2.24) is 5.32 Å². The predicted molar refractivity (Wildman–Crippen MR) is 225 cm³/mol. The number of hydrogen-bond acceptors (Lipinski definition) is 1. The van der Waals surface area contributed by atoms with Crippen LogP contribution in [0.5, 0.6) is 0 Å². The average molecular weight is 670 g/mol. The van der Waals surface area contributed by atoms with Crippen LogP contribution in [-0.2, 0) is 6.42 Å². The predicted octanol–water partition coefficient (Wildman–Crippen LogP) is 13.7. The number of fused-ring (bicyclic) bond motifs is 9. The van der Waals surface area contributed by atoms with E-state index in [2.05, 4.69) is 190 Å². The maximum absolute atomic E-state index is 3.92. The number of benzene rings is 8.